The topological polar surface area (TPSA) is 32.3 Å². The molecule has 0 saturated heterocycles. The molecule has 0 saturated carbocycles. The average molecular weight is 235 g/mol. The standard InChI is InChI=1S/C15H25NO/c1-15(2,3)8-5-9-16-11-13-6-4-7-14(10-13)12-17/h4,6-7,10,16-17H,5,8-9,11-12H2,1-3H3. The Morgan fingerprint density at radius 1 is 1.18 bits per heavy atom. The van der Waals surface area contributed by atoms with Crippen LogP contribution in [0, 0.1) is 5.41 Å². The summed E-state index contributed by atoms with van der Waals surface area (Å²) in [6.45, 7) is 8.89. The van der Waals surface area contributed by atoms with Crippen molar-refractivity contribution >= 4 is 0 Å². The van der Waals surface area contributed by atoms with Crippen LogP contribution in [0.4, 0.5) is 0 Å². The molecule has 2 N–H and O–H groups in total. The third kappa shape index (κ3) is 6.44. The summed E-state index contributed by atoms with van der Waals surface area (Å²) >= 11 is 0. The van der Waals surface area contributed by atoms with Gasteiger partial charge in [0, 0.05) is 6.54 Å². The molecule has 0 aliphatic rings. The lowest BCUT2D eigenvalue weighted by Gasteiger charge is -2.17. The van der Waals surface area contributed by atoms with Crippen LogP contribution in [0.25, 0.3) is 0 Å². The van der Waals surface area contributed by atoms with Gasteiger partial charge in [-0.15, -0.1) is 0 Å². The van der Waals surface area contributed by atoms with Gasteiger partial charge in [0.2, 0.25) is 0 Å². The second-order valence-corrected chi connectivity index (χ2v) is 5.82. The van der Waals surface area contributed by atoms with Crippen molar-refractivity contribution in [2.24, 2.45) is 5.41 Å². The average Bonchev–Trinajstić information content (AvgIpc) is 2.27. The van der Waals surface area contributed by atoms with Gasteiger partial charge in [-0.2, -0.15) is 0 Å². The summed E-state index contributed by atoms with van der Waals surface area (Å²) in [4.78, 5) is 0. The van der Waals surface area contributed by atoms with E-state index < -0.39 is 0 Å². The lowest BCUT2D eigenvalue weighted by molar-refractivity contribution is 0.281. The van der Waals surface area contributed by atoms with Crippen molar-refractivity contribution in [2.45, 2.75) is 46.8 Å². The Morgan fingerprint density at radius 2 is 1.88 bits per heavy atom. The molecule has 17 heavy (non-hydrogen) atoms. The molecule has 96 valence electrons. The highest BCUT2D eigenvalue weighted by Gasteiger charge is 2.08. The van der Waals surface area contributed by atoms with Crippen LogP contribution in [-0.4, -0.2) is 11.7 Å². The van der Waals surface area contributed by atoms with E-state index in [1.165, 1.54) is 18.4 Å². The molecule has 0 heterocycles. The molecule has 0 aromatic heterocycles. The lowest BCUT2D eigenvalue weighted by Crippen LogP contribution is -2.17. The predicted molar refractivity (Wildman–Crippen MR) is 72.8 cm³/mol. The van der Waals surface area contributed by atoms with Crippen LogP contribution >= 0.6 is 0 Å². The summed E-state index contributed by atoms with van der Waals surface area (Å²) in [5.74, 6) is 0. The molecule has 0 atom stereocenters. The van der Waals surface area contributed by atoms with Gasteiger partial charge in [-0.3, -0.25) is 0 Å². The van der Waals surface area contributed by atoms with E-state index in [2.05, 4.69) is 38.2 Å². The van der Waals surface area contributed by atoms with Crippen LogP contribution in [0.1, 0.15) is 44.7 Å². The molecule has 0 unspecified atom stereocenters. The number of benzene rings is 1. The summed E-state index contributed by atoms with van der Waals surface area (Å²) in [5, 5.41) is 12.5. The zero-order chi connectivity index (χ0) is 12.7. The molecular formula is C15H25NO. The highest BCUT2D eigenvalue weighted by molar-refractivity contribution is 5.22. The van der Waals surface area contributed by atoms with Gasteiger partial charge < -0.3 is 10.4 Å². The monoisotopic (exact) mass is 235 g/mol. The van der Waals surface area contributed by atoms with Gasteiger partial charge in [-0.05, 0) is 35.9 Å². The molecule has 0 radical (unpaired) electrons. The van der Waals surface area contributed by atoms with E-state index in [-0.39, 0.29) is 6.61 Å². The van der Waals surface area contributed by atoms with Gasteiger partial charge in [-0.1, -0.05) is 45.0 Å². The van der Waals surface area contributed by atoms with Gasteiger partial charge in [0.1, 0.15) is 0 Å². The van der Waals surface area contributed by atoms with Crippen molar-refractivity contribution < 1.29 is 5.11 Å². The van der Waals surface area contributed by atoms with E-state index in [1.54, 1.807) is 0 Å². The Hall–Kier alpha value is -0.860. The Bertz CT molecular complexity index is 328. The smallest absolute Gasteiger partial charge is 0.0681 e. The lowest BCUT2D eigenvalue weighted by atomic mass is 9.91. The molecule has 2 heteroatoms. The second-order valence-electron chi connectivity index (χ2n) is 5.82. The van der Waals surface area contributed by atoms with Crippen molar-refractivity contribution in [3.05, 3.63) is 35.4 Å². The highest BCUT2D eigenvalue weighted by atomic mass is 16.3. The Morgan fingerprint density at radius 3 is 2.53 bits per heavy atom. The summed E-state index contributed by atoms with van der Waals surface area (Å²) in [5.41, 5.74) is 2.66. The Balaban J connectivity index is 2.22. The first-order valence-electron chi connectivity index (χ1n) is 6.41. The quantitative estimate of drug-likeness (QED) is 0.743. The number of aliphatic hydroxyl groups is 1. The maximum atomic E-state index is 9.04. The zero-order valence-corrected chi connectivity index (χ0v) is 11.3. The van der Waals surface area contributed by atoms with Gasteiger partial charge in [0.15, 0.2) is 0 Å². The first-order valence-corrected chi connectivity index (χ1v) is 6.41. The molecular weight excluding hydrogens is 210 g/mol. The summed E-state index contributed by atoms with van der Waals surface area (Å²) in [7, 11) is 0. The summed E-state index contributed by atoms with van der Waals surface area (Å²) in [6, 6.07) is 8.09. The molecule has 1 rings (SSSR count). The summed E-state index contributed by atoms with van der Waals surface area (Å²) < 4.78 is 0. The van der Waals surface area contributed by atoms with E-state index >= 15 is 0 Å². The van der Waals surface area contributed by atoms with Gasteiger partial charge >= 0.3 is 0 Å². The fourth-order valence-corrected chi connectivity index (χ4v) is 1.81. The third-order valence-electron chi connectivity index (χ3n) is 2.78. The molecule has 0 spiro atoms. The van der Waals surface area contributed by atoms with Crippen LogP contribution in [-0.2, 0) is 13.2 Å². The fourth-order valence-electron chi connectivity index (χ4n) is 1.81. The third-order valence-corrected chi connectivity index (χ3v) is 2.78. The van der Waals surface area contributed by atoms with Crippen LogP contribution in [0.5, 0.6) is 0 Å². The van der Waals surface area contributed by atoms with Crippen molar-refractivity contribution in [2.75, 3.05) is 6.54 Å². The maximum absolute atomic E-state index is 9.04. The molecule has 0 fully saturated rings. The minimum absolute atomic E-state index is 0.123. The molecule has 1 aromatic carbocycles. The van der Waals surface area contributed by atoms with E-state index in [1.807, 2.05) is 12.1 Å². The maximum Gasteiger partial charge on any atom is 0.0681 e. The molecule has 0 amide bonds. The molecule has 0 aliphatic heterocycles. The van der Waals surface area contributed by atoms with E-state index in [0.717, 1.165) is 18.7 Å². The minimum Gasteiger partial charge on any atom is -0.392 e. The van der Waals surface area contributed by atoms with E-state index in [9.17, 15) is 0 Å². The molecule has 1 aromatic rings. The van der Waals surface area contributed by atoms with Crippen molar-refractivity contribution in [3.63, 3.8) is 0 Å². The Kier molecular flexibility index (Phi) is 5.66. The number of rotatable bonds is 6. The minimum atomic E-state index is 0.123. The number of aliphatic hydroxyl groups excluding tert-OH is 1. The Labute approximate surface area is 105 Å². The SMILES string of the molecule is CC(C)(C)CCCNCc1cccc(CO)c1. The number of nitrogens with one attached hydrogen (secondary N) is 1. The molecule has 2 nitrogen and oxygen atoms in total. The number of hydrogen-bond acceptors (Lipinski definition) is 2. The predicted octanol–water partition coefficient (Wildman–Crippen LogP) is 3.09. The van der Waals surface area contributed by atoms with Gasteiger partial charge in [0.05, 0.1) is 6.61 Å². The first-order chi connectivity index (χ1) is 8.01. The van der Waals surface area contributed by atoms with Gasteiger partial charge in [-0.25, -0.2) is 0 Å². The van der Waals surface area contributed by atoms with Crippen LogP contribution in [0.2, 0.25) is 0 Å². The largest absolute Gasteiger partial charge is 0.392 e. The van der Waals surface area contributed by atoms with E-state index in [0.29, 0.717) is 5.41 Å². The van der Waals surface area contributed by atoms with E-state index in [4.69, 9.17) is 5.11 Å². The van der Waals surface area contributed by atoms with Crippen molar-refractivity contribution in [3.8, 4) is 0 Å². The second kappa shape index (κ2) is 6.77. The highest BCUT2D eigenvalue weighted by Crippen LogP contribution is 2.19. The van der Waals surface area contributed by atoms with Crippen LogP contribution < -0.4 is 5.32 Å². The van der Waals surface area contributed by atoms with Crippen molar-refractivity contribution in [1.29, 1.82) is 0 Å². The molecule has 0 bridgehead atoms. The van der Waals surface area contributed by atoms with Crippen LogP contribution in [0.3, 0.4) is 0 Å². The normalized spacial score (nSPS) is 11.8. The zero-order valence-electron chi connectivity index (χ0n) is 11.3. The first kappa shape index (κ1) is 14.2. The van der Waals surface area contributed by atoms with Gasteiger partial charge in [0.25, 0.3) is 0 Å². The number of hydrogen-bond donors (Lipinski definition) is 2. The molecule has 0 aliphatic carbocycles. The fraction of sp³-hybridized carbons (Fsp3) is 0.600. The van der Waals surface area contributed by atoms with Crippen LogP contribution in [0.15, 0.2) is 24.3 Å². The van der Waals surface area contributed by atoms with Crippen molar-refractivity contribution in [1.82, 2.24) is 5.32 Å². The summed E-state index contributed by atoms with van der Waals surface area (Å²) in [6.07, 6.45) is 2.46.